The van der Waals surface area contributed by atoms with Gasteiger partial charge < -0.3 is 5.32 Å². The summed E-state index contributed by atoms with van der Waals surface area (Å²) in [7, 11) is 0. The van der Waals surface area contributed by atoms with E-state index in [1.165, 1.54) is 36.4 Å². The Kier molecular flexibility index (Phi) is 5.08. The third-order valence-corrected chi connectivity index (χ3v) is 3.99. The van der Waals surface area contributed by atoms with E-state index in [9.17, 15) is 14.0 Å². The Labute approximate surface area is 154 Å². The number of amides is 1. The van der Waals surface area contributed by atoms with Crippen molar-refractivity contribution in [3.8, 4) is 11.8 Å². The minimum Gasteiger partial charge on any atom is -0.344 e. The smallest absolute Gasteiger partial charge is 0.272 e. The van der Waals surface area contributed by atoms with Gasteiger partial charge in [-0.3, -0.25) is 9.59 Å². The fourth-order valence-electron chi connectivity index (χ4n) is 2.50. The molecule has 27 heavy (non-hydrogen) atoms. The number of aromatic nitrogens is 2. The first-order chi connectivity index (χ1) is 13.0. The molecule has 2 aromatic carbocycles. The minimum absolute atomic E-state index is 0.0550. The van der Waals surface area contributed by atoms with Gasteiger partial charge in [-0.25, -0.2) is 4.39 Å². The van der Waals surface area contributed by atoms with Crippen LogP contribution >= 0.6 is 0 Å². The van der Waals surface area contributed by atoms with Crippen molar-refractivity contribution in [3.63, 3.8) is 0 Å². The third kappa shape index (κ3) is 4.07. The standard InChI is InChI=1S/C20H15FN4O2/c1-13(15-4-2-14(12-22)3-5-15)23-20(27)18-10-11-19(26)25(24-18)17-8-6-16(21)7-9-17/h2-11,13H,1H3,(H,23,27). The molecular formula is C20H15FN4O2. The Morgan fingerprint density at radius 3 is 2.41 bits per heavy atom. The summed E-state index contributed by atoms with van der Waals surface area (Å²) in [6.07, 6.45) is 0. The van der Waals surface area contributed by atoms with Gasteiger partial charge in [0.15, 0.2) is 0 Å². The Bertz CT molecular complexity index is 1070. The van der Waals surface area contributed by atoms with Crippen molar-refractivity contribution in [2.75, 3.05) is 0 Å². The molecule has 1 N–H and O–H groups in total. The molecule has 3 rings (SSSR count). The van der Waals surface area contributed by atoms with Gasteiger partial charge in [0.2, 0.25) is 0 Å². The Morgan fingerprint density at radius 1 is 1.11 bits per heavy atom. The van der Waals surface area contributed by atoms with Gasteiger partial charge >= 0.3 is 0 Å². The molecule has 3 aromatic rings. The number of hydrogen-bond donors (Lipinski definition) is 1. The quantitative estimate of drug-likeness (QED) is 0.773. The van der Waals surface area contributed by atoms with E-state index in [2.05, 4.69) is 10.4 Å². The molecule has 0 saturated heterocycles. The van der Waals surface area contributed by atoms with Crippen molar-refractivity contribution >= 4 is 5.91 Å². The predicted octanol–water partition coefficient (Wildman–Crippen LogP) is 2.73. The summed E-state index contributed by atoms with van der Waals surface area (Å²) in [5.74, 6) is -0.889. The second kappa shape index (κ2) is 7.62. The lowest BCUT2D eigenvalue weighted by molar-refractivity contribution is 0.0933. The van der Waals surface area contributed by atoms with Gasteiger partial charge in [-0.2, -0.15) is 15.0 Å². The van der Waals surface area contributed by atoms with E-state index in [0.717, 1.165) is 10.2 Å². The second-order valence-corrected chi connectivity index (χ2v) is 5.87. The molecule has 134 valence electrons. The zero-order valence-corrected chi connectivity index (χ0v) is 14.4. The number of nitriles is 1. The maximum Gasteiger partial charge on any atom is 0.272 e. The lowest BCUT2D eigenvalue weighted by Crippen LogP contribution is -2.30. The van der Waals surface area contributed by atoms with Crippen LogP contribution in [0.25, 0.3) is 5.69 Å². The van der Waals surface area contributed by atoms with Crippen molar-refractivity contribution < 1.29 is 9.18 Å². The molecule has 0 bridgehead atoms. The number of carbonyl (C=O) groups is 1. The molecule has 1 amide bonds. The number of nitrogens with one attached hydrogen (secondary N) is 1. The highest BCUT2D eigenvalue weighted by atomic mass is 19.1. The molecule has 0 spiro atoms. The molecular weight excluding hydrogens is 347 g/mol. The Morgan fingerprint density at radius 2 is 1.78 bits per heavy atom. The first-order valence-corrected chi connectivity index (χ1v) is 8.15. The topological polar surface area (TPSA) is 87.8 Å². The van der Waals surface area contributed by atoms with Crippen molar-refractivity contribution in [3.05, 3.63) is 93.7 Å². The van der Waals surface area contributed by atoms with Crippen molar-refractivity contribution in [2.45, 2.75) is 13.0 Å². The van der Waals surface area contributed by atoms with E-state index in [0.29, 0.717) is 11.3 Å². The SMILES string of the molecule is CC(NC(=O)c1ccc(=O)n(-c2ccc(F)cc2)n1)c1ccc(C#N)cc1. The Balaban J connectivity index is 1.82. The molecule has 0 aliphatic rings. The molecule has 1 heterocycles. The fourth-order valence-corrected chi connectivity index (χ4v) is 2.50. The molecule has 1 aromatic heterocycles. The number of hydrogen-bond acceptors (Lipinski definition) is 4. The van der Waals surface area contributed by atoms with Crippen LogP contribution in [0.4, 0.5) is 4.39 Å². The van der Waals surface area contributed by atoms with Crippen LogP contribution in [0.3, 0.4) is 0 Å². The summed E-state index contributed by atoms with van der Waals surface area (Å²) < 4.78 is 14.1. The van der Waals surface area contributed by atoms with Gasteiger partial charge in [0, 0.05) is 6.07 Å². The molecule has 7 heteroatoms. The van der Waals surface area contributed by atoms with E-state index in [4.69, 9.17) is 5.26 Å². The summed E-state index contributed by atoms with van der Waals surface area (Å²) >= 11 is 0. The first kappa shape index (κ1) is 18.0. The van der Waals surface area contributed by atoms with E-state index in [-0.39, 0.29) is 11.7 Å². The molecule has 0 saturated carbocycles. The summed E-state index contributed by atoms with van der Waals surface area (Å²) in [6.45, 7) is 1.80. The van der Waals surface area contributed by atoms with Crippen LogP contribution in [-0.4, -0.2) is 15.7 Å². The molecule has 1 unspecified atom stereocenters. The van der Waals surface area contributed by atoms with Crippen LogP contribution in [0.15, 0.2) is 65.5 Å². The van der Waals surface area contributed by atoms with Crippen molar-refractivity contribution in [1.82, 2.24) is 15.1 Å². The highest BCUT2D eigenvalue weighted by molar-refractivity contribution is 5.92. The fraction of sp³-hybridized carbons (Fsp3) is 0.100. The normalized spacial score (nSPS) is 11.4. The van der Waals surface area contributed by atoms with Gasteiger partial charge in [-0.05, 0) is 55.0 Å². The van der Waals surface area contributed by atoms with E-state index in [1.807, 2.05) is 6.07 Å². The van der Waals surface area contributed by atoms with E-state index < -0.39 is 17.3 Å². The maximum atomic E-state index is 13.1. The van der Waals surface area contributed by atoms with Crippen molar-refractivity contribution in [1.29, 1.82) is 5.26 Å². The van der Waals surface area contributed by atoms with Crippen LogP contribution in [0.2, 0.25) is 0 Å². The van der Waals surface area contributed by atoms with Crippen LogP contribution in [0.5, 0.6) is 0 Å². The molecule has 1 atom stereocenters. The average Bonchev–Trinajstić information content (AvgIpc) is 2.69. The number of halogens is 1. The van der Waals surface area contributed by atoms with Gasteiger partial charge in [0.25, 0.3) is 11.5 Å². The monoisotopic (exact) mass is 362 g/mol. The summed E-state index contributed by atoms with van der Waals surface area (Å²) in [6, 6.07) is 16.4. The number of rotatable bonds is 4. The number of nitrogens with zero attached hydrogens (tertiary/aromatic N) is 3. The number of benzene rings is 2. The van der Waals surface area contributed by atoms with Crippen LogP contribution in [-0.2, 0) is 0 Å². The van der Waals surface area contributed by atoms with E-state index in [1.54, 1.807) is 31.2 Å². The highest BCUT2D eigenvalue weighted by Crippen LogP contribution is 2.14. The molecule has 0 aliphatic heterocycles. The number of carbonyl (C=O) groups excluding carboxylic acids is 1. The maximum absolute atomic E-state index is 13.1. The average molecular weight is 362 g/mol. The minimum atomic E-state index is -0.456. The largest absolute Gasteiger partial charge is 0.344 e. The highest BCUT2D eigenvalue weighted by Gasteiger charge is 2.14. The zero-order valence-electron chi connectivity index (χ0n) is 14.4. The van der Waals surface area contributed by atoms with Crippen molar-refractivity contribution in [2.24, 2.45) is 0 Å². The Hall–Kier alpha value is -3.79. The van der Waals surface area contributed by atoms with Gasteiger partial charge in [0.1, 0.15) is 11.5 Å². The van der Waals surface area contributed by atoms with Gasteiger partial charge in [0.05, 0.1) is 23.4 Å². The molecule has 0 fully saturated rings. The van der Waals surface area contributed by atoms with Crippen LogP contribution < -0.4 is 10.9 Å². The first-order valence-electron chi connectivity index (χ1n) is 8.15. The van der Waals surface area contributed by atoms with Crippen LogP contribution in [0.1, 0.15) is 34.6 Å². The van der Waals surface area contributed by atoms with E-state index >= 15 is 0 Å². The lowest BCUT2D eigenvalue weighted by atomic mass is 10.1. The lowest BCUT2D eigenvalue weighted by Gasteiger charge is -2.14. The predicted molar refractivity (Wildman–Crippen MR) is 96.8 cm³/mol. The van der Waals surface area contributed by atoms with Gasteiger partial charge in [-0.1, -0.05) is 12.1 Å². The molecule has 0 aliphatic carbocycles. The van der Waals surface area contributed by atoms with Crippen LogP contribution in [0, 0.1) is 17.1 Å². The van der Waals surface area contributed by atoms with Gasteiger partial charge in [-0.15, -0.1) is 0 Å². The zero-order chi connectivity index (χ0) is 19.4. The summed E-state index contributed by atoms with van der Waals surface area (Å²) in [4.78, 5) is 24.5. The summed E-state index contributed by atoms with van der Waals surface area (Å²) in [5, 5.41) is 15.7. The summed E-state index contributed by atoms with van der Waals surface area (Å²) in [5.41, 5.74) is 1.34. The molecule has 0 radical (unpaired) electrons. The third-order valence-electron chi connectivity index (χ3n) is 3.99. The second-order valence-electron chi connectivity index (χ2n) is 5.87. The molecule has 6 nitrogen and oxygen atoms in total.